The van der Waals surface area contributed by atoms with E-state index in [2.05, 4.69) is 38.1 Å². The predicted octanol–water partition coefficient (Wildman–Crippen LogP) is 5.41. The van der Waals surface area contributed by atoms with Gasteiger partial charge in [0.1, 0.15) is 11.4 Å². The number of rotatable bonds is 4. The number of carbonyl (C=O) groups is 1. The number of hydrogen-bond acceptors (Lipinski definition) is 3. The second-order valence-corrected chi connectivity index (χ2v) is 7.19. The van der Waals surface area contributed by atoms with Crippen molar-refractivity contribution in [1.29, 1.82) is 0 Å². The molecule has 0 spiro atoms. The number of imidazole rings is 1. The second-order valence-electron chi connectivity index (χ2n) is 6.00. The Hall–Kier alpha value is -2.72. The average Bonchev–Trinajstić information content (AvgIpc) is 3.16. The van der Waals surface area contributed by atoms with Gasteiger partial charge in [-0.1, -0.05) is 61.5 Å². The highest BCUT2D eigenvalue weighted by Crippen LogP contribution is 2.35. The lowest BCUT2D eigenvalue weighted by atomic mass is 10.1. The molecule has 124 valence electrons. The molecule has 0 amide bonds. The van der Waals surface area contributed by atoms with Gasteiger partial charge >= 0.3 is 0 Å². The zero-order valence-corrected chi connectivity index (χ0v) is 15.0. The van der Waals surface area contributed by atoms with Crippen LogP contribution in [-0.4, -0.2) is 15.7 Å². The molecule has 0 saturated heterocycles. The van der Waals surface area contributed by atoms with Crippen LogP contribution in [-0.2, 0) is 6.42 Å². The van der Waals surface area contributed by atoms with Crippen molar-refractivity contribution < 1.29 is 4.79 Å². The Kier molecular flexibility index (Phi) is 3.98. The number of aldehydes is 1. The molecule has 3 nitrogen and oxygen atoms in total. The van der Waals surface area contributed by atoms with Gasteiger partial charge in [0, 0.05) is 10.4 Å². The topological polar surface area (TPSA) is 34.4 Å². The zero-order valence-electron chi connectivity index (χ0n) is 14.2. The van der Waals surface area contributed by atoms with Gasteiger partial charge in [0.15, 0.2) is 11.2 Å². The molecule has 0 radical (unpaired) electrons. The van der Waals surface area contributed by atoms with Gasteiger partial charge in [-0.05, 0) is 24.5 Å². The third-order valence-electron chi connectivity index (χ3n) is 4.48. The zero-order chi connectivity index (χ0) is 17.4. The maximum absolute atomic E-state index is 11.9. The average molecular weight is 346 g/mol. The van der Waals surface area contributed by atoms with Crippen LogP contribution >= 0.6 is 11.3 Å². The van der Waals surface area contributed by atoms with Crippen molar-refractivity contribution in [2.45, 2.75) is 20.3 Å². The first-order valence-electron chi connectivity index (χ1n) is 8.34. The molecule has 4 rings (SSSR count). The van der Waals surface area contributed by atoms with Crippen molar-refractivity contribution in [1.82, 2.24) is 9.38 Å². The van der Waals surface area contributed by atoms with Crippen molar-refractivity contribution in [3.63, 3.8) is 0 Å². The Bertz CT molecular complexity index is 1040. The minimum atomic E-state index is 0.613. The number of nitrogens with zero attached hydrogens (tertiary/aromatic N) is 2. The van der Waals surface area contributed by atoms with E-state index in [1.807, 2.05) is 34.7 Å². The summed E-state index contributed by atoms with van der Waals surface area (Å²) in [4.78, 5) is 18.7. The lowest BCUT2D eigenvalue weighted by molar-refractivity contribution is 0.111. The third-order valence-corrected chi connectivity index (χ3v) is 5.43. The molecule has 0 N–H and O–H groups in total. The standard InChI is InChI=1S/C21H18N2OS/c1-3-15-9-11-16(12-10-15)19-18(13-24)23-20(14(2)25-21(23)22-19)17-7-5-4-6-8-17/h4-13H,3H2,1-2H3. The highest BCUT2D eigenvalue weighted by atomic mass is 32.1. The molecule has 2 aromatic heterocycles. The Labute approximate surface area is 150 Å². The molecule has 2 heterocycles. The normalized spacial score (nSPS) is 11.1. The molecule has 0 aliphatic heterocycles. The smallest absolute Gasteiger partial charge is 0.195 e. The molecule has 0 fully saturated rings. The van der Waals surface area contributed by atoms with Crippen molar-refractivity contribution in [2.75, 3.05) is 0 Å². The molecular weight excluding hydrogens is 328 g/mol. The van der Waals surface area contributed by atoms with E-state index in [0.29, 0.717) is 5.69 Å². The van der Waals surface area contributed by atoms with E-state index >= 15 is 0 Å². The molecule has 4 aromatic rings. The van der Waals surface area contributed by atoms with E-state index in [4.69, 9.17) is 4.98 Å². The van der Waals surface area contributed by atoms with Crippen molar-refractivity contribution in [3.8, 4) is 22.5 Å². The largest absolute Gasteiger partial charge is 0.296 e. The van der Waals surface area contributed by atoms with Gasteiger partial charge < -0.3 is 0 Å². The molecule has 0 atom stereocenters. The summed E-state index contributed by atoms with van der Waals surface area (Å²) in [7, 11) is 0. The van der Waals surface area contributed by atoms with Crippen LogP contribution in [0.25, 0.3) is 27.5 Å². The van der Waals surface area contributed by atoms with Crippen LogP contribution in [0.2, 0.25) is 0 Å². The fourth-order valence-corrected chi connectivity index (χ4v) is 4.18. The van der Waals surface area contributed by atoms with E-state index in [9.17, 15) is 4.79 Å². The SMILES string of the molecule is CCc1ccc(-c2nc3sc(C)c(-c4ccccc4)n3c2C=O)cc1. The van der Waals surface area contributed by atoms with Crippen LogP contribution in [0.3, 0.4) is 0 Å². The lowest BCUT2D eigenvalue weighted by Gasteiger charge is -2.05. The van der Waals surface area contributed by atoms with Crippen LogP contribution in [0.5, 0.6) is 0 Å². The van der Waals surface area contributed by atoms with E-state index in [0.717, 1.165) is 45.1 Å². The monoisotopic (exact) mass is 346 g/mol. The molecule has 25 heavy (non-hydrogen) atoms. The predicted molar refractivity (Wildman–Crippen MR) is 103 cm³/mol. The second kappa shape index (κ2) is 6.30. The lowest BCUT2D eigenvalue weighted by Crippen LogP contribution is -1.95. The first-order chi connectivity index (χ1) is 12.2. The van der Waals surface area contributed by atoms with Crippen molar-refractivity contribution in [3.05, 3.63) is 70.7 Å². The molecule has 4 heteroatoms. The van der Waals surface area contributed by atoms with Crippen LogP contribution in [0.1, 0.15) is 27.9 Å². The summed E-state index contributed by atoms with van der Waals surface area (Å²) in [6.45, 7) is 4.21. The summed E-state index contributed by atoms with van der Waals surface area (Å²) in [5, 5.41) is 0. The highest BCUT2D eigenvalue weighted by Gasteiger charge is 2.20. The molecular formula is C21H18N2OS. The Morgan fingerprint density at radius 2 is 1.76 bits per heavy atom. The Morgan fingerprint density at radius 3 is 2.40 bits per heavy atom. The summed E-state index contributed by atoms with van der Waals surface area (Å²) in [5.41, 5.74) is 5.76. The molecule has 0 bridgehead atoms. The first-order valence-corrected chi connectivity index (χ1v) is 9.16. The molecule has 2 aromatic carbocycles. The minimum absolute atomic E-state index is 0.613. The number of hydrogen-bond donors (Lipinski definition) is 0. The molecule has 0 unspecified atom stereocenters. The fourth-order valence-electron chi connectivity index (χ4n) is 3.19. The van der Waals surface area contributed by atoms with Gasteiger partial charge in [0.2, 0.25) is 0 Å². The molecule has 0 saturated carbocycles. The van der Waals surface area contributed by atoms with Gasteiger partial charge in [0.25, 0.3) is 0 Å². The third kappa shape index (κ3) is 2.59. The first kappa shape index (κ1) is 15.8. The number of carbonyl (C=O) groups excluding carboxylic acids is 1. The molecule has 0 aliphatic carbocycles. The number of aromatic nitrogens is 2. The summed E-state index contributed by atoms with van der Waals surface area (Å²) >= 11 is 1.62. The maximum Gasteiger partial charge on any atom is 0.195 e. The van der Waals surface area contributed by atoms with Gasteiger partial charge in [-0.2, -0.15) is 0 Å². The van der Waals surface area contributed by atoms with E-state index < -0.39 is 0 Å². The maximum atomic E-state index is 11.9. The summed E-state index contributed by atoms with van der Waals surface area (Å²) < 4.78 is 1.99. The summed E-state index contributed by atoms with van der Waals surface area (Å²) in [6, 6.07) is 18.5. The number of thiazole rings is 1. The van der Waals surface area contributed by atoms with Crippen LogP contribution in [0, 0.1) is 6.92 Å². The van der Waals surface area contributed by atoms with Gasteiger partial charge in [0.05, 0.1) is 5.69 Å². The van der Waals surface area contributed by atoms with Crippen LogP contribution in [0.4, 0.5) is 0 Å². The van der Waals surface area contributed by atoms with Crippen molar-refractivity contribution in [2.24, 2.45) is 0 Å². The number of aryl methyl sites for hydroxylation is 2. The van der Waals surface area contributed by atoms with E-state index in [1.165, 1.54) is 5.56 Å². The summed E-state index contributed by atoms with van der Waals surface area (Å²) in [6.07, 6.45) is 1.91. The summed E-state index contributed by atoms with van der Waals surface area (Å²) in [5.74, 6) is 0. The Morgan fingerprint density at radius 1 is 1.04 bits per heavy atom. The molecule has 0 aliphatic rings. The van der Waals surface area contributed by atoms with Gasteiger partial charge in [-0.15, -0.1) is 11.3 Å². The Balaban J connectivity index is 1.96. The van der Waals surface area contributed by atoms with Crippen molar-refractivity contribution >= 4 is 22.6 Å². The number of fused-ring (bicyclic) bond motifs is 1. The number of benzene rings is 2. The van der Waals surface area contributed by atoms with Gasteiger partial charge in [-0.25, -0.2) is 4.98 Å². The van der Waals surface area contributed by atoms with E-state index in [1.54, 1.807) is 11.3 Å². The van der Waals surface area contributed by atoms with Gasteiger partial charge in [-0.3, -0.25) is 9.20 Å². The van der Waals surface area contributed by atoms with E-state index in [-0.39, 0.29) is 0 Å². The van der Waals surface area contributed by atoms with Crippen LogP contribution in [0.15, 0.2) is 54.6 Å². The quantitative estimate of drug-likeness (QED) is 0.463. The minimum Gasteiger partial charge on any atom is -0.296 e. The highest BCUT2D eigenvalue weighted by molar-refractivity contribution is 7.17. The van der Waals surface area contributed by atoms with Crippen LogP contribution < -0.4 is 0 Å². The fraction of sp³-hybridized carbons (Fsp3) is 0.143.